The van der Waals surface area contributed by atoms with Gasteiger partial charge in [-0.1, -0.05) is 52.9 Å². The minimum absolute atomic E-state index is 0.0369. The Hall–Kier alpha value is 0.0200. The van der Waals surface area contributed by atoms with Crippen molar-refractivity contribution in [1.29, 1.82) is 0 Å². The zero-order valence-electron chi connectivity index (χ0n) is 10.8. The van der Waals surface area contributed by atoms with Crippen molar-refractivity contribution >= 4 is 8.25 Å². The summed E-state index contributed by atoms with van der Waals surface area (Å²) in [5.41, 5.74) is 0. The van der Waals surface area contributed by atoms with Gasteiger partial charge in [0.2, 0.25) is 0 Å². The second kappa shape index (κ2) is 10.2. The highest BCUT2D eigenvalue weighted by molar-refractivity contribution is 7.32. The lowest BCUT2D eigenvalue weighted by Crippen LogP contribution is -2.21. The van der Waals surface area contributed by atoms with E-state index in [2.05, 4.69) is 20.8 Å². The van der Waals surface area contributed by atoms with E-state index in [4.69, 9.17) is 9.42 Å². The van der Waals surface area contributed by atoms with Crippen molar-refractivity contribution in [1.82, 2.24) is 0 Å². The maximum atomic E-state index is 10.8. The van der Waals surface area contributed by atoms with Gasteiger partial charge in [-0.15, -0.1) is 9.42 Å². The fourth-order valence-corrected chi connectivity index (χ4v) is 2.52. The molecule has 0 aromatic carbocycles. The van der Waals surface area contributed by atoms with Crippen LogP contribution < -0.4 is 0 Å². The Bertz CT molecular complexity index is 185. The fourth-order valence-electron chi connectivity index (χ4n) is 2.01. The highest BCUT2D eigenvalue weighted by Gasteiger charge is 2.28. The minimum atomic E-state index is -2.46. The molecule has 0 amide bonds. The lowest BCUT2D eigenvalue weighted by atomic mass is 9.90. The second-order valence-electron chi connectivity index (χ2n) is 4.33. The summed E-state index contributed by atoms with van der Waals surface area (Å²) in [7, 11) is -2.46. The van der Waals surface area contributed by atoms with Gasteiger partial charge in [0.25, 0.3) is 0 Å². The van der Waals surface area contributed by atoms with Crippen molar-refractivity contribution in [3.05, 3.63) is 0 Å². The van der Waals surface area contributed by atoms with E-state index in [0.29, 0.717) is 5.92 Å². The molecule has 0 bridgehead atoms. The Labute approximate surface area is 101 Å². The molecule has 3 nitrogen and oxygen atoms in total. The number of rotatable bonds is 10. The van der Waals surface area contributed by atoms with Crippen molar-refractivity contribution in [3.8, 4) is 0 Å². The summed E-state index contributed by atoms with van der Waals surface area (Å²) in [5, 5.41) is 0. The first-order valence-electron chi connectivity index (χ1n) is 6.48. The molecule has 0 aliphatic carbocycles. The van der Waals surface area contributed by atoms with Crippen molar-refractivity contribution in [2.75, 3.05) is 0 Å². The van der Waals surface area contributed by atoms with Crippen LogP contribution in [-0.4, -0.2) is 11.0 Å². The Morgan fingerprint density at radius 3 is 2.12 bits per heavy atom. The second-order valence-corrected chi connectivity index (χ2v) is 5.02. The van der Waals surface area contributed by atoms with Crippen LogP contribution in [0.2, 0.25) is 0 Å². The standard InChI is InChI=1S/C12H25O3P/c1-4-7-9-11(6-3)12(10-8-5-2)15-16(13)14/h11-12H,4-10H2,1-3H3/p+1. The first-order chi connectivity index (χ1) is 7.65. The van der Waals surface area contributed by atoms with E-state index in [9.17, 15) is 4.57 Å². The van der Waals surface area contributed by atoms with E-state index in [1.165, 1.54) is 12.8 Å². The molecule has 0 spiro atoms. The molecule has 3 unspecified atom stereocenters. The summed E-state index contributed by atoms with van der Waals surface area (Å²) >= 11 is 0. The van der Waals surface area contributed by atoms with Crippen LogP contribution in [0.1, 0.15) is 65.7 Å². The van der Waals surface area contributed by atoms with E-state index in [1.807, 2.05) is 0 Å². The van der Waals surface area contributed by atoms with E-state index in [0.717, 1.165) is 32.1 Å². The van der Waals surface area contributed by atoms with E-state index in [1.54, 1.807) is 0 Å². The minimum Gasteiger partial charge on any atom is -0.133 e. The molecule has 0 aliphatic rings. The summed E-state index contributed by atoms with van der Waals surface area (Å²) in [6, 6.07) is 0. The zero-order chi connectivity index (χ0) is 12.4. The lowest BCUT2D eigenvalue weighted by Gasteiger charge is -2.20. The van der Waals surface area contributed by atoms with Gasteiger partial charge in [0.05, 0.1) is 0 Å². The summed E-state index contributed by atoms with van der Waals surface area (Å²) in [6.45, 7) is 6.43. The van der Waals surface area contributed by atoms with Crippen LogP contribution in [0.25, 0.3) is 0 Å². The van der Waals surface area contributed by atoms with Crippen molar-refractivity contribution < 1.29 is 14.0 Å². The van der Waals surface area contributed by atoms with E-state index in [-0.39, 0.29) is 6.10 Å². The molecule has 0 rings (SSSR count). The van der Waals surface area contributed by atoms with Gasteiger partial charge in [-0.05, 0) is 18.8 Å². The molecule has 0 heterocycles. The Balaban J connectivity index is 4.23. The summed E-state index contributed by atoms with van der Waals surface area (Å²) in [5.74, 6) is 0.428. The smallest absolute Gasteiger partial charge is 0.133 e. The fraction of sp³-hybridized carbons (Fsp3) is 1.00. The Kier molecular flexibility index (Phi) is 10.2. The van der Waals surface area contributed by atoms with Crippen LogP contribution in [0.15, 0.2) is 0 Å². The number of hydrogen-bond donors (Lipinski definition) is 1. The van der Waals surface area contributed by atoms with Gasteiger partial charge in [-0.25, -0.2) is 0 Å². The van der Waals surface area contributed by atoms with Gasteiger partial charge in [0.15, 0.2) is 0 Å². The van der Waals surface area contributed by atoms with Crippen molar-refractivity contribution in [2.24, 2.45) is 5.92 Å². The summed E-state index contributed by atoms with van der Waals surface area (Å²) in [6.07, 6.45) is 7.50. The number of unbranched alkanes of at least 4 members (excludes halogenated alkanes) is 2. The molecule has 0 aromatic heterocycles. The molecule has 0 fully saturated rings. The highest BCUT2D eigenvalue weighted by atomic mass is 31.1. The Morgan fingerprint density at radius 1 is 1.12 bits per heavy atom. The predicted molar refractivity (Wildman–Crippen MR) is 67.5 cm³/mol. The molecule has 16 heavy (non-hydrogen) atoms. The average molecular weight is 249 g/mol. The summed E-state index contributed by atoms with van der Waals surface area (Å²) in [4.78, 5) is 8.88. The molecule has 1 N–H and O–H groups in total. The third-order valence-electron chi connectivity index (χ3n) is 3.05. The van der Waals surface area contributed by atoms with Gasteiger partial charge >= 0.3 is 8.25 Å². The first kappa shape index (κ1) is 16.0. The van der Waals surface area contributed by atoms with Crippen molar-refractivity contribution in [3.63, 3.8) is 0 Å². The van der Waals surface area contributed by atoms with Gasteiger partial charge in [0.1, 0.15) is 6.10 Å². The molecule has 0 aliphatic heterocycles. The molecular formula is C12H26O3P+. The molecule has 0 saturated carbocycles. The summed E-state index contributed by atoms with van der Waals surface area (Å²) < 4.78 is 16.0. The first-order valence-corrected chi connectivity index (χ1v) is 7.61. The quantitative estimate of drug-likeness (QED) is 0.583. The maximum absolute atomic E-state index is 10.8. The zero-order valence-corrected chi connectivity index (χ0v) is 11.7. The van der Waals surface area contributed by atoms with Gasteiger partial charge < -0.3 is 0 Å². The third kappa shape index (κ3) is 7.32. The van der Waals surface area contributed by atoms with Crippen LogP contribution in [0, 0.1) is 5.92 Å². The average Bonchev–Trinajstić information content (AvgIpc) is 2.25. The molecule has 96 valence electrons. The third-order valence-corrected chi connectivity index (χ3v) is 3.50. The Morgan fingerprint density at radius 2 is 1.69 bits per heavy atom. The lowest BCUT2D eigenvalue weighted by molar-refractivity contribution is 0.106. The predicted octanol–water partition coefficient (Wildman–Crippen LogP) is 4.43. The van der Waals surface area contributed by atoms with Crippen LogP contribution >= 0.6 is 8.25 Å². The van der Waals surface area contributed by atoms with E-state index < -0.39 is 8.25 Å². The van der Waals surface area contributed by atoms with Crippen LogP contribution in [0.3, 0.4) is 0 Å². The molecule has 0 radical (unpaired) electrons. The number of hydrogen-bond acceptors (Lipinski definition) is 2. The molecule has 4 heteroatoms. The highest BCUT2D eigenvalue weighted by Crippen LogP contribution is 2.30. The van der Waals surface area contributed by atoms with Gasteiger partial charge in [-0.3, -0.25) is 0 Å². The van der Waals surface area contributed by atoms with Gasteiger partial charge in [-0.2, -0.15) is 0 Å². The molecular weight excluding hydrogens is 223 g/mol. The van der Waals surface area contributed by atoms with Crippen LogP contribution in [0.5, 0.6) is 0 Å². The van der Waals surface area contributed by atoms with Crippen LogP contribution in [0.4, 0.5) is 0 Å². The van der Waals surface area contributed by atoms with E-state index >= 15 is 0 Å². The molecule has 3 atom stereocenters. The monoisotopic (exact) mass is 249 g/mol. The topological polar surface area (TPSA) is 46.5 Å². The SMILES string of the molecule is CCCCC(CC)C(CCCC)O[P+](=O)O. The van der Waals surface area contributed by atoms with Crippen molar-refractivity contribution in [2.45, 2.75) is 71.8 Å². The van der Waals surface area contributed by atoms with Crippen LogP contribution in [-0.2, 0) is 9.09 Å². The normalized spacial score (nSPS) is 15.9. The largest absolute Gasteiger partial charge is 0.695 e. The molecule has 0 saturated heterocycles. The molecule has 0 aromatic rings. The van der Waals surface area contributed by atoms with Gasteiger partial charge in [0, 0.05) is 4.57 Å². The maximum Gasteiger partial charge on any atom is 0.695 e.